The number of ether oxygens (including phenoxy) is 1. The molecule has 0 N–H and O–H groups in total. The lowest BCUT2D eigenvalue weighted by Crippen LogP contribution is -1.96. The Hall–Kier alpha value is -1.25. The first-order chi connectivity index (χ1) is 9.11. The fourth-order valence-corrected chi connectivity index (χ4v) is 2.22. The van der Waals surface area contributed by atoms with Crippen LogP contribution in [-0.4, -0.2) is 4.98 Å². The molecule has 0 unspecified atom stereocenters. The van der Waals surface area contributed by atoms with Gasteiger partial charge in [0.05, 0.1) is 16.6 Å². The molecule has 0 saturated heterocycles. The molecule has 19 heavy (non-hydrogen) atoms. The first kappa shape index (κ1) is 14.2. The normalized spacial score (nSPS) is 10.8. The minimum Gasteiger partial charge on any atom is -0.439 e. The predicted molar refractivity (Wildman–Crippen MR) is 79.4 cm³/mol. The molecule has 0 saturated carbocycles. The number of para-hydroxylation sites is 1. The number of aromatic nitrogens is 1. The molecular weight excluding hydrogens is 281 g/mol. The summed E-state index contributed by atoms with van der Waals surface area (Å²) in [4.78, 5) is 4.30. The van der Waals surface area contributed by atoms with Crippen molar-refractivity contribution in [3.63, 3.8) is 0 Å². The average molecular weight is 296 g/mol. The van der Waals surface area contributed by atoms with Crippen LogP contribution in [0.5, 0.6) is 11.6 Å². The molecule has 0 aliphatic rings. The van der Waals surface area contributed by atoms with Gasteiger partial charge in [0.2, 0.25) is 5.88 Å². The van der Waals surface area contributed by atoms with E-state index in [4.69, 9.17) is 27.9 Å². The van der Waals surface area contributed by atoms with Crippen LogP contribution >= 0.6 is 23.2 Å². The van der Waals surface area contributed by atoms with Gasteiger partial charge in [-0.05, 0) is 23.6 Å². The quantitative estimate of drug-likeness (QED) is 0.706. The van der Waals surface area contributed by atoms with Crippen LogP contribution in [0, 0.1) is 0 Å². The summed E-state index contributed by atoms with van der Waals surface area (Å²) >= 11 is 11.8. The second-order valence-electron chi connectivity index (χ2n) is 4.51. The van der Waals surface area contributed by atoms with E-state index in [0.717, 1.165) is 11.3 Å². The zero-order valence-electron chi connectivity index (χ0n) is 10.9. The van der Waals surface area contributed by atoms with Gasteiger partial charge in [-0.3, -0.25) is 0 Å². The Labute approximate surface area is 123 Å². The SMILES string of the molecule is CC(C)c1ccccc1Oc1ccc(Cl)c(CCl)n1. The average Bonchev–Trinajstić information content (AvgIpc) is 2.41. The first-order valence-electron chi connectivity index (χ1n) is 6.10. The van der Waals surface area contributed by atoms with E-state index in [1.807, 2.05) is 18.2 Å². The summed E-state index contributed by atoms with van der Waals surface area (Å²) in [6.45, 7) is 4.25. The van der Waals surface area contributed by atoms with Gasteiger partial charge in [0.1, 0.15) is 5.75 Å². The fourth-order valence-electron chi connectivity index (χ4n) is 1.78. The maximum atomic E-state index is 5.98. The van der Waals surface area contributed by atoms with Crippen molar-refractivity contribution in [1.82, 2.24) is 4.98 Å². The van der Waals surface area contributed by atoms with Gasteiger partial charge in [-0.25, -0.2) is 4.98 Å². The summed E-state index contributed by atoms with van der Waals surface area (Å²) in [5.74, 6) is 1.97. The van der Waals surface area contributed by atoms with Crippen molar-refractivity contribution in [2.75, 3.05) is 0 Å². The molecule has 1 aromatic carbocycles. The molecule has 4 heteroatoms. The van der Waals surface area contributed by atoms with Crippen molar-refractivity contribution in [3.8, 4) is 11.6 Å². The van der Waals surface area contributed by atoms with Gasteiger partial charge in [-0.2, -0.15) is 0 Å². The molecule has 0 spiro atoms. The van der Waals surface area contributed by atoms with E-state index in [1.54, 1.807) is 12.1 Å². The Kier molecular flexibility index (Phi) is 4.67. The third kappa shape index (κ3) is 3.40. The lowest BCUT2D eigenvalue weighted by atomic mass is 10.0. The molecule has 100 valence electrons. The predicted octanol–water partition coefficient (Wildman–Crippen LogP) is 5.39. The molecule has 0 fully saturated rings. The summed E-state index contributed by atoms with van der Waals surface area (Å²) in [5.41, 5.74) is 1.77. The zero-order valence-corrected chi connectivity index (χ0v) is 12.4. The monoisotopic (exact) mass is 295 g/mol. The second-order valence-corrected chi connectivity index (χ2v) is 5.18. The van der Waals surface area contributed by atoms with Gasteiger partial charge in [-0.1, -0.05) is 43.6 Å². The molecule has 2 aromatic rings. The number of pyridine rings is 1. The number of rotatable bonds is 4. The summed E-state index contributed by atoms with van der Waals surface area (Å²) in [7, 11) is 0. The van der Waals surface area contributed by atoms with Crippen LogP contribution in [0.15, 0.2) is 36.4 Å². The van der Waals surface area contributed by atoms with Crippen molar-refractivity contribution in [2.45, 2.75) is 25.6 Å². The third-order valence-electron chi connectivity index (χ3n) is 2.78. The summed E-state index contributed by atoms with van der Waals surface area (Å²) in [6.07, 6.45) is 0. The van der Waals surface area contributed by atoms with Crippen LogP contribution in [0.25, 0.3) is 0 Å². The molecule has 2 rings (SSSR count). The minimum atomic E-state index is 0.266. The van der Waals surface area contributed by atoms with Crippen molar-refractivity contribution in [1.29, 1.82) is 0 Å². The van der Waals surface area contributed by atoms with E-state index in [1.165, 1.54) is 0 Å². The molecule has 1 aromatic heterocycles. The maximum absolute atomic E-state index is 5.98. The highest BCUT2D eigenvalue weighted by atomic mass is 35.5. The topological polar surface area (TPSA) is 22.1 Å². The third-order valence-corrected chi connectivity index (χ3v) is 3.37. The fraction of sp³-hybridized carbons (Fsp3) is 0.267. The molecule has 0 bridgehead atoms. The highest BCUT2D eigenvalue weighted by Crippen LogP contribution is 2.30. The minimum absolute atomic E-state index is 0.266. The molecule has 0 aliphatic heterocycles. The van der Waals surface area contributed by atoms with Gasteiger partial charge in [0.25, 0.3) is 0 Å². The Bertz CT molecular complexity index is 570. The molecule has 1 heterocycles. The standard InChI is InChI=1S/C15H15Cl2NO/c1-10(2)11-5-3-4-6-14(11)19-15-8-7-12(17)13(9-16)18-15/h3-8,10H,9H2,1-2H3. The molecule has 2 nitrogen and oxygen atoms in total. The van der Waals surface area contributed by atoms with E-state index in [9.17, 15) is 0 Å². The van der Waals surface area contributed by atoms with E-state index >= 15 is 0 Å². The summed E-state index contributed by atoms with van der Waals surface area (Å²) in [6, 6.07) is 11.4. The Balaban J connectivity index is 2.31. The number of nitrogens with zero attached hydrogens (tertiary/aromatic N) is 1. The zero-order chi connectivity index (χ0) is 13.8. The second kappa shape index (κ2) is 6.27. The van der Waals surface area contributed by atoms with Crippen LogP contribution in [0.1, 0.15) is 31.0 Å². The molecule has 0 amide bonds. The number of hydrogen-bond acceptors (Lipinski definition) is 2. The lowest BCUT2D eigenvalue weighted by Gasteiger charge is -2.13. The summed E-state index contributed by atoms with van der Waals surface area (Å²) in [5, 5.41) is 0.555. The lowest BCUT2D eigenvalue weighted by molar-refractivity contribution is 0.453. The highest BCUT2D eigenvalue weighted by Gasteiger charge is 2.10. The van der Waals surface area contributed by atoms with Crippen LogP contribution in [0.4, 0.5) is 0 Å². The molecular formula is C15H15Cl2NO. The van der Waals surface area contributed by atoms with Gasteiger partial charge < -0.3 is 4.74 Å². The molecule has 0 radical (unpaired) electrons. The van der Waals surface area contributed by atoms with Gasteiger partial charge in [0.15, 0.2) is 0 Å². The van der Waals surface area contributed by atoms with Gasteiger partial charge in [0, 0.05) is 6.07 Å². The maximum Gasteiger partial charge on any atom is 0.219 e. The Morgan fingerprint density at radius 1 is 1.16 bits per heavy atom. The van der Waals surface area contributed by atoms with Gasteiger partial charge in [-0.15, -0.1) is 11.6 Å². The van der Waals surface area contributed by atoms with E-state index < -0.39 is 0 Å². The van der Waals surface area contributed by atoms with Gasteiger partial charge >= 0.3 is 0 Å². The van der Waals surface area contributed by atoms with Crippen LogP contribution in [0.2, 0.25) is 5.02 Å². The Morgan fingerprint density at radius 2 is 1.89 bits per heavy atom. The molecule has 0 aliphatic carbocycles. The summed E-state index contributed by atoms with van der Waals surface area (Å²) < 4.78 is 5.84. The van der Waals surface area contributed by atoms with Crippen LogP contribution in [0.3, 0.4) is 0 Å². The van der Waals surface area contributed by atoms with Crippen molar-refractivity contribution in [2.24, 2.45) is 0 Å². The van der Waals surface area contributed by atoms with Crippen LogP contribution in [-0.2, 0) is 5.88 Å². The largest absolute Gasteiger partial charge is 0.439 e. The first-order valence-corrected chi connectivity index (χ1v) is 7.01. The van der Waals surface area contributed by atoms with Crippen molar-refractivity contribution < 1.29 is 4.74 Å². The Morgan fingerprint density at radius 3 is 2.58 bits per heavy atom. The number of halogens is 2. The van der Waals surface area contributed by atoms with Crippen molar-refractivity contribution >= 4 is 23.2 Å². The molecule has 0 atom stereocenters. The number of benzene rings is 1. The highest BCUT2D eigenvalue weighted by molar-refractivity contribution is 6.32. The van der Waals surface area contributed by atoms with E-state index in [2.05, 4.69) is 24.9 Å². The number of alkyl halides is 1. The van der Waals surface area contributed by atoms with Crippen molar-refractivity contribution in [3.05, 3.63) is 52.7 Å². The van der Waals surface area contributed by atoms with Crippen LogP contribution < -0.4 is 4.74 Å². The van der Waals surface area contributed by atoms with E-state index in [0.29, 0.717) is 22.5 Å². The smallest absolute Gasteiger partial charge is 0.219 e. The van der Waals surface area contributed by atoms with E-state index in [-0.39, 0.29) is 5.88 Å². The number of hydrogen-bond donors (Lipinski definition) is 0.